The average Bonchev–Trinajstić information content (AvgIpc) is 3.03. The molecular weight excluding hydrogens is 400 g/mol. The molecule has 0 fully saturated rings. The van der Waals surface area contributed by atoms with Crippen LogP contribution in [0.3, 0.4) is 0 Å². The van der Waals surface area contributed by atoms with Crippen LogP contribution in [0.15, 0.2) is 58.0 Å². The lowest BCUT2D eigenvalue weighted by atomic mass is 10.3. The lowest BCUT2D eigenvalue weighted by Gasteiger charge is -2.14. The third-order valence-electron chi connectivity index (χ3n) is 3.56. The lowest BCUT2D eigenvalue weighted by molar-refractivity contribution is 0.484. The molecule has 0 unspecified atom stereocenters. The van der Waals surface area contributed by atoms with Gasteiger partial charge in [0.1, 0.15) is 5.58 Å². The first kappa shape index (κ1) is 18.6. The minimum absolute atomic E-state index is 0.00465. The highest BCUT2D eigenvalue weighted by atomic mass is 35.5. The summed E-state index contributed by atoms with van der Waals surface area (Å²) in [6, 6.07) is 12.6. The van der Waals surface area contributed by atoms with E-state index in [1.54, 1.807) is 24.3 Å². The molecule has 0 aliphatic carbocycles. The lowest BCUT2D eigenvalue weighted by Crippen LogP contribution is -2.18. The van der Waals surface area contributed by atoms with Crippen LogP contribution in [0.1, 0.15) is 6.92 Å². The van der Waals surface area contributed by atoms with Gasteiger partial charge in [-0.15, -0.1) is 0 Å². The van der Waals surface area contributed by atoms with Gasteiger partial charge in [0.2, 0.25) is 15.1 Å². The van der Waals surface area contributed by atoms with Crippen LogP contribution in [0.5, 0.6) is 0 Å². The quantitative estimate of drug-likeness (QED) is 0.640. The van der Waals surface area contributed by atoms with Crippen LogP contribution in [0, 0.1) is 0 Å². The Morgan fingerprint density at radius 3 is 2.42 bits per heavy atom. The molecule has 0 aliphatic rings. The normalized spacial score (nSPS) is 12.2. The number of nitrogens with one attached hydrogen (secondary N) is 2. The van der Waals surface area contributed by atoms with E-state index in [0.29, 0.717) is 11.0 Å². The van der Waals surface area contributed by atoms with E-state index < -0.39 is 20.0 Å². The molecule has 0 atom stereocenters. The first-order valence-electron chi connectivity index (χ1n) is 7.52. The van der Waals surface area contributed by atoms with Gasteiger partial charge in [0.25, 0.3) is 10.0 Å². The highest BCUT2D eigenvalue weighted by molar-refractivity contribution is 7.93. The maximum absolute atomic E-state index is 12.6. The van der Waals surface area contributed by atoms with E-state index in [0.717, 1.165) is 0 Å². The summed E-state index contributed by atoms with van der Waals surface area (Å²) >= 11 is 6.05. The Morgan fingerprint density at radius 1 is 1.00 bits per heavy atom. The van der Waals surface area contributed by atoms with E-state index >= 15 is 0 Å². The van der Waals surface area contributed by atoms with Crippen LogP contribution in [0.4, 0.5) is 11.4 Å². The molecule has 0 bridgehead atoms. The molecule has 0 aliphatic heterocycles. The Labute approximate surface area is 156 Å². The molecule has 26 heavy (non-hydrogen) atoms. The van der Waals surface area contributed by atoms with Crippen molar-refractivity contribution in [1.82, 2.24) is 0 Å². The predicted octanol–water partition coefficient (Wildman–Crippen LogP) is 3.65. The molecule has 1 heterocycles. The van der Waals surface area contributed by atoms with E-state index in [-0.39, 0.29) is 27.2 Å². The molecule has 10 heteroatoms. The molecule has 2 aromatic carbocycles. The van der Waals surface area contributed by atoms with Crippen molar-refractivity contribution in [3.63, 3.8) is 0 Å². The van der Waals surface area contributed by atoms with E-state index in [9.17, 15) is 16.8 Å². The number of halogens is 1. The number of fused-ring (bicyclic) bond motifs is 1. The van der Waals surface area contributed by atoms with Gasteiger partial charge < -0.3 is 4.42 Å². The van der Waals surface area contributed by atoms with E-state index in [1.807, 2.05) is 0 Å². The van der Waals surface area contributed by atoms with Crippen molar-refractivity contribution in [2.24, 2.45) is 0 Å². The summed E-state index contributed by atoms with van der Waals surface area (Å²) in [6.45, 7) is 1.46. The van der Waals surface area contributed by atoms with Gasteiger partial charge in [-0.3, -0.25) is 9.44 Å². The van der Waals surface area contributed by atoms with E-state index in [4.69, 9.17) is 16.0 Å². The van der Waals surface area contributed by atoms with Gasteiger partial charge in [-0.1, -0.05) is 35.9 Å². The Hall–Kier alpha value is -2.23. The van der Waals surface area contributed by atoms with Crippen molar-refractivity contribution >= 4 is 54.0 Å². The molecule has 3 aromatic rings. The second-order valence-electron chi connectivity index (χ2n) is 5.38. The summed E-state index contributed by atoms with van der Waals surface area (Å²) in [5.41, 5.74) is 0.372. The number of benzene rings is 2. The Bertz CT molecular complexity index is 1140. The molecule has 0 spiro atoms. The maximum atomic E-state index is 12.6. The van der Waals surface area contributed by atoms with Crippen LogP contribution >= 0.6 is 11.6 Å². The molecule has 0 radical (unpaired) electrons. The van der Waals surface area contributed by atoms with Crippen LogP contribution in [0.25, 0.3) is 11.0 Å². The highest BCUT2D eigenvalue weighted by Gasteiger charge is 2.23. The number of hydrogen-bond acceptors (Lipinski definition) is 5. The minimum atomic E-state index is -4.09. The fraction of sp³-hybridized carbons (Fsp3) is 0.125. The van der Waals surface area contributed by atoms with Crippen LogP contribution in [0.2, 0.25) is 5.02 Å². The van der Waals surface area contributed by atoms with Crippen molar-refractivity contribution in [3.05, 3.63) is 53.6 Å². The van der Waals surface area contributed by atoms with Crippen molar-refractivity contribution in [3.8, 4) is 0 Å². The van der Waals surface area contributed by atoms with Crippen molar-refractivity contribution in [2.45, 2.75) is 12.0 Å². The van der Waals surface area contributed by atoms with Gasteiger partial charge in [-0.25, -0.2) is 8.42 Å². The first-order chi connectivity index (χ1) is 12.2. The molecular formula is C16H15ClN2O5S2. The third kappa shape index (κ3) is 3.79. The zero-order valence-corrected chi connectivity index (χ0v) is 16.0. The molecule has 1 aromatic heterocycles. The summed E-state index contributed by atoms with van der Waals surface area (Å²) in [5, 5.41) is 0.403. The predicted molar refractivity (Wildman–Crippen MR) is 102 cm³/mol. The molecule has 3 rings (SSSR count). The molecule has 0 amide bonds. The zero-order valence-electron chi connectivity index (χ0n) is 13.6. The SMILES string of the molecule is CCS(=O)(=O)Nc1c(Cl)cccc1NS(=O)(=O)c1cc2ccccc2o1. The second kappa shape index (κ2) is 6.82. The maximum Gasteiger partial charge on any atom is 0.295 e. The van der Waals surface area contributed by atoms with Crippen LogP contribution in [-0.2, 0) is 20.0 Å². The van der Waals surface area contributed by atoms with Crippen LogP contribution in [-0.4, -0.2) is 22.6 Å². The van der Waals surface area contributed by atoms with Crippen molar-refractivity contribution in [2.75, 3.05) is 15.2 Å². The van der Waals surface area contributed by atoms with E-state index in [1.165, 1.54) is 31.2 Å². The van der Waals surface area contributed by atoms with Crippen molar-refractivity contribution < 1.29 is 21.3 Å². The van der Waals surface area contributed by atoms with Gasteiger partial charge in [-0.05, 0) is 25.1 Å². The highest BCUT2D eigenvalue weighted by Crippen LogP contribution is 2.33. The molecule has 2 N–H and O–H groups in total. The average molecular weight is 415 g/mol. The monoisotopic (exact) mass is 414 g/mol. The largest absolute Gasteiger partial charge is 0.443 e. The zero-order chi connectivity index (χ0) is 18.9. The number of para-hydroxylation sites is 2. The summed E-state index contributed by atoms with van der Waals surface area (Å²) < 4.78 is 59.0. The molecule has 0 saturated heterocycles. The van der Waals surface area contributed by atoms with Crippen LogP contribution < -0.4 is 9.44 Å². The van der Waals surface area contributed by atoms with Gasteiger partial charge in [-0.2, -0.15) is 8.42 Å². The summed E-state index contributed by atoms with van der Waals surface area (Å²) in [5.74, 6) is -0.187. The standard InChI is InChI=1S/C16H15ClN2O5S2/c1-2-25(20,21)19-16-12(17)7-5-8-13(16)18-26(22,23)15-10-11-6-3-4-9-14(11)24-15/h3-10,18-19H,2H2,1H3. The number of rotatable bonds is 6. The Kier molecular flexibility index (Phi) is 4.87. The third-order valence-corrected chi connectivity index (χ3v) is 6.37. The topological polar surface area (TPSA) is 105 Å². The molecule has 7 nitrogen and oxygen atoms in total. The number of anilines is 2. The Morgan fingerprint density at radius 2 is 1.73 bits per heavy atom. The van der Waals surface area contributed by atoms with Gasteiger partial charge in [0.15, 0.2) is 0 Å². The number of sulfonamides is 2. The van der Waals surface area contributed by atoms with Crippen molar-refractivity contribution in [1.29, 1.82) is 0 Å². The van der Waals surface area contributed by atoms with Gasteiger partial charge >= 0.3 is 0 Å². The second-order valence-corrected chi connectivity index (χ2v) is 9.41. The number of furan rings is 1. The summed E-state index contributed by atoms with van der Waals surface area (Å²) in [4.78, 5) is 0. The fourth-order valence-corrected chi connectivity index (χ4v) is 4.22. The smallest absolute Gasteiger partial charge is 0.295 e. The minimum Gasteiger partial charge on any atom is -0.443 e. The van der Waals surface area contributed by atoms with Gasteiger partial charge in [0, 0.05) is 11.5 Å². The molecule has 0 saturated carbocycles. The van der Waals surface area contributed by atoms with E-state index in [2.05, 4.69) is 9.44 Å². The fourth-order valence-electron chi connectivity index (χ4n) is 2.23. The first-order valence-corrected chi connectivity index (χ1v) is 11.0. The van der Waals surface area contributed by atoms with Gasteiger partial charge in [0.05, 0.1) is 22.2 Å². The summed E-state index contributed by atoms with van der Waals surface area (Å²) in [6.07, 6.45) is 0. The Balaban J connectivity index is 2.01. The number of hydrogen-bond donors (Lipinski definition) is 2. The molecule has 138 valence electrons. The summed E-state index contributed by atoms with van der Waals surface area (Å²) in [7, 11) is -7.74.